The monoisotopic (exact) mass is 324 g/mol. The highest BCUT2D eigenvalue weighted by molar-refractivity contribution is 5.99. The molecule has 122 valence electrons. The molecule has 0 saturated heterocycles. The molecule has 2 aromatic rings. The van der Waals surface area contributed by atoms with Crippen molar-refractivity contribution in [2.24, 2.45) is 0 Å². The number of carboxylic acids is 1. The maximum Gasteiger partial charge on any atom is 0.303 e. The van der Waals surface area contributed by atoms with Crippen LogP contribution in [0.1, 0.15) is 40.0 Å². The number of aliphatic carboxylic acids is 1. The fraction of sp³-hybridized carbons (Fsp3) is 0.222. The van der Waals surface area contributed by atoms with Gasteiger partial charge >= 0.3 is 5.97 Å². The Labute approximate surface area is 139 Å². The third-order valence-electron chi connectivity index (χ3n) is 3.82. The second-order valence-corrected chi connectivity index (χ2v) is 5.43. The molecule has 1 aromatic carbocycles. The van der Waals surface area contributed by atoms with E-state index in [4.69, 9.17) is 5.11 Å². The molecule has 0 unspecified atom stereocenters. The molecule has 0 aliphatic rings. The van der Waals surface area contributed by atoms with Crippen molar-refractivity contribution in [3.63, 3.8) is 0 Å². The van der Waals surface area contributed by atoms with Crippen molar-refractivity contribution in [2.75, 3.05) is 0 Å². The maximum absolute atomic E-state index is 12.2. The number of nitrogens with zero attached hydrogens (tertiary/aromatic N) is 2. The predicted molar refractivity (Wildman–Crippen MR) is 86.7 cm³/mol. The average Bonchev–Trinajstić information content (AvgIpc) is 2.55. The Hall–Kier alpha value is -3.20. The van der Waals surface area contributed by atoms with Crippen LogP contribution in [-0.2, 0) is 4.79 Å². The third-order valence-corrected chi connectivity index (χ3v) is 3.82. The van der Waals surface area contributed by atoms with Crippen LogP contribution in [0.5, 0.6) is 5.75 Å². The summed E-state index contributed by atoms with van der Waals surface area (Å²) in [5.74, 6) is -2.24. The Balaban J connectivity index is 2.57. The summed E-state index contributed by atoms with van der Waals surface area (Å²) in [6, 6.07) is 8.85. The van der Waals surface area contributed by atoms with Gasteiger partial charge in [0.05, 0.1) is 17.7 Å². The molecule has 0 spiro atoms. The lowest BCUT2D eigenvalue weighted by Crippen LogP contribution is -2.08. The largest absolute Gasteiger partial charge is 0.504 e. The van der Waals surface area contributed by atoms with Crippen LogP contribution in [0.25, 0.3) is 11.3 Å². The quantitative estimate of drug-likeness (QED) is 0.818. The van der Waals surface area contributed by atoms with Gasteiger partial charge in [-0.2, -0.15) is 5.26 Å². The highest BCUT2D eigenvalue weighted by Gasteiger charge is 2.20. The zero-order chi connectivity index (χ0) is 17.9. The first-order chi connectivity index (χ1) is 11.3. The van der Waals surface area contributed by atoms with E-state index >= 15 is 0 Å². The topological polar surface area (TPSA) is 111 Å². The van der Waals surface area contributed by atoms with Crippen molar-refractivity contribution in [3.8, 4) is 23.1 Å². The maximum atomic E-state index is 12.2. The summed E-state index contributed by atoms with van der Waals surface area (Å²) in [6.07, 6.45) is -0.660. The lowest BCUT2D eigenvalue weighted by Gasteiger charge is -2.11. The Kier molecular flexibility index (Phi) is 4.95. The van der Waals surface area contributed by atoms with Crippen molar-refractivity contribution in [2.45, 2.75) is 26.7 Å². The molecule has 0 bridgehead atoms. The first-order valence-electron chi connectivity index (χ1n) is 7.30. The molecule has 0 aliphatic heterocycles. The number of carboxylic acid groups (broad SMARTS) is 1. The number of aromatic hydroxyl groups is 1. The van der Waals surface area contributed by atoms with E-state index < -0.39 is 17.5 Å². The molecule has 2 rings (SSSR count). The third kappa shape index (κ3) is 3.41. The van der Waals surface area contributed by atoms with Crippen molar-refractivity contribution in [1.29, 1.82) is 5.26 Å². The Morgan fingerprint density at radius 2 is 1.96 bits per heavy atom. The van der Waals surface area contributed by atoms with Crippen LogP contribution in [0.3, 0.4) is 0 Å². The zero-order valence-corrected chi connectivity index (χ0v) is 13.3. The van der Waals surface area contributed by atoms with Crippen molar-refractivity contribution >= 4 is 11.8 Å². The summed E-state index contributed by atoms with van der Waals surface area (Å²) in [6.45, 7) is 3.83. The van der Waals surface area contributed by atoms with Crippen LogP contribution < -0.4 is 0 Å². The van der Waals surface area contributed by atoms with Gasteiger partial charge in [-0.1, -0.05) is 18.2 Å². The number of carbonyl (C=O) groups excluding carboxylic acids is 1. The summed E-state index contributed by atoms with van der Waals surface area (Å²) in [7, 11) is 0. The van der Waals surface area contributed by atoms with Crippen molar-refractivity contribution in [3.05, 3.63) is 46.6 Å². The van der Waals surface area contributed by atoms with Crippen molar-refractivity contribution < 1.29 is 19.8 Å². The molecule has 1 heterocycles. The van der Waals surface area contributed by atoms with Crippen LogP contribution in [0, 0.1) is 25.2 Å². The molecule has 0 atom stereocenters. The van der Waals surface area contributed by atoms with Gasteiger partial charge in [-0.15, -0.1) is 0 Å². The first-order valence-corrected chi connectivity index (χ1v) is 7.30. The second kappa shape index (κ2) is 6.92. The number of benzene rings is 1. The molecule has 0 radical (unpaired) electrons. The van der Waals surface area contributed by atoms with E-state index in [1.807, 2.05) is 38.1 Å². The highest BCUT2D eigenvalue weighted by atomic mass is 16.4. The van der Waals surface area contributed by atoms with Gasteiger partial charge in [0.25, 0.3) is 0 Å². The van der Waals surface area contributed by atoms with E-state index in [0.717, 1.165) is 16.7 Å². The minimum absolute atomic E-state index is 0.0698. The molecule has 1 aromatic heterocycles. The number of ketones is 1. The van der Waals surface area contributed by atoms with Crippen LogP contribution in [0.2, 0.25) is 0 Å². The van der Waals surface area contributed by atoms with E-state index in [0.29, 0.717) is 5.69 Å². The molecule has 0 saturated carbocycles. The molecule has 0 fully saturated rings. The molecule has 24 heavy (non-hydrogen) atoms. The standard InChI is InChI=1S/C18H16N2O4/c1-10-4-3-5-13(11(10)2)14-8-12(9-19)18(24)17(20-14)15(21)6-7-16(22)23/h3-5,8,24H,6-7H2,1-2H3,(H,22,23). The molecule has 0 aliphatic carbocycles. The number of Topliss-reactive ketones (excluding diaryl/α,β-unsaturated/α-hetero) is 1. The number of nitriles is 1. The van der Waals surface area contributed by atoms with Gasteiger partial charge in [-0.25, -0.2) is 4.98 Å². The molecular weight excluding hydrogens is 308 g/mol. The lowest BCUT2D eigenvalue weighted by atomic mass is 9.98. The Morgan fingerprint density at radius 1 is 1.25 bits per heavy atom. The minimum Gasteiger partial charge on any atom is -0.504 e. The summed E-state index contributed by atoms with van der Waals surface area (Å²) < 4.78 is 0. The van der Waals surface area contributed by atoms with E-state index in [1.54, 1.807) is 0 Å². The summed E-state index contributed by atoms with van der Waals surface area (Å²) >= 11 is 0. The van der Waals surface area contributed by atoms with Crippen molar-refractivity contribution in [1.82, 2.24) is 4.98 Å². The average molecular weight is 324 g/mol. The van der Waals surface area contributed by atoms with Crippen LogP contribution >= 0.6 is 0 Å². The Bertz CT molecular complexity index is 866. The van der Waals surface area contributed by atoms with Gasteiger partial charge in [-0.05, 0) is 31.0 Å². The number of aromatic nitrogens is 1. The lowest BCUT2D eigenvalue weighted by molar-refractivity contribution is -0.136. The molecule has 6 nitrogen and oxygen atoms in total. The zero-order valence-electron chi connectivity index (χ0n) is 13.3. The molecule has 0 amide bonds. The highest BCUT2D eigenvalue weighted by Crippen LogP contribution is 2.30. The number of aryl methyl sites for hydroxylation is 1. The van der Waals surface area contributed by atoms with E-state index in [1.165, 1.54) is 6.07 Å². The number of pyridine rings is 1. The molecule has 2 N–H and O–H groups in total. The smallest absolute Gasteiger partial charge is 0.303 e. The van der Waals surface area contributed by atoms with E-state index in [-0.39, 0.29) is 24.1 Å². The number of hydrogen-bond acceptors (Lipinski definition) is 5. The van der Waals surface area contributed by atoms with E-state index in [2.05, 4.69) is 4.98 Å². The second-order valence-electron chi connectivity index (χ2n) is 5.43. The van der Waals surface area contributed by atoms with Gasteiger partial charge in [0.2, 0.25) is 0 Å². The fourth-order valence-electron chi connectivity index (χ4n) is 2.32. The van der Waals surface area contributed by atoms with Crippen LogP contribution in [0.4, 0.5) is 0 Å². The van der Waals surface area contributed by atoms with Gasteiger partial charge in [0, 0.05) is 12.0 Å². The first kappa shape index (κ1) is 17.2. The number of hydrogen-bond donors (Lipinski definition) is 2. The molecular formula is C18H16N2O4. The minimum atomic E-state index is -1.12. The van der Waals surface area contributed by atoms with Gasteiger partial charge < -0.3 is 10.2 Å². The summed E-state index contributed by atoms with van der Waals surface area (Å²) in [5, 5.41) is 28.0. The van der Waals surface area contributed by atoms with Gasteiger partial charge in [0.1, 0.15) is 11.8 Å². The van der Waals surface area contributed by atoms with Crippen LogP contribution in [0.15, 0.2) is 24.3 Å². The number of carbonyl (C=O) groups is 2. The SMILES string of the molecule is Cc1cccc(-c2cc(C#N)c(O)c(C(=O)CCC(=O)O)n2)c1C. The van der Waals surface area contributed by atoms with Gasteiger partial charge in [-0.3, -0.25) is 9.59 Å². The number of rotatable bonds is 5. The normalized spacial score (nSPS) is 10.2. The summed E-state index contributed by atoms with van der Waals surface area (Å²) in [5.41, 5.74) is 2.77. The van der Waals surface area contributed by atoms with E-state index in [9.17, 15) is 20.0 Å². The molecule has 6 heteroatoms. The van der Waals surface area contributed by atoms with Gasteiger partial charge in [0.15, 0.2) is 11.5 Å². The summed E-state index contributed by atoms with van der Waals surface area (Å²) in [4.78, 5) is 27.0. The predicted octanol–water partition coefficient (Wildman–Crippen LogP) is 2.99. The Morgan fingerprint density at radius 3 is 2.58 bits per heavy atom. The van der Waals surface area contributed by atoms with Crippen LogP contribution in [-0.4, -0.2) is 26.9 Å². The fourth-order valence-corrected chi connectivity index (χ4v) is 2.32.